The van der Waals surface area contributed by atoms with Gasteiger partial charge in [0.25, 0.3) is 0 Å². The van der Waals surface area contributed by atoms with Crippen molar-refractivity contribution >= 4 is 41.3 Å². The third-order valence-corrected chi connectivity index (χ3v) is 5.56. The SMILES string of the molecule is CC(C)OC1CCC(NC(=NCc2cccs2)NCCc2ccco2)CC1.I. The summed E-state index contributed by atoms with van der Waals surface area (Å²) in [6.45, 7) is 5.74. The van der Waals surface area contributed by atoms with E-state index < -0.39 is 0 Å². The second-order valence-corrected chi connectivity index (χ2v) is 8.34. The molecule has 5 nitrogen and oxygen atoms in total. The van der Waals surface area contributed by atoms with Gasteiger partial charge in [0, 0.05) is 23.9 Å². The topological polar surface area (TPSA) is 58.8 Å². The van der Waals surface area contributed by atoms with Crippen LogP contribution in [0, 0.1) is 0 Å². The predicted octanol–water partition coefficient (Wildman–Crippen LogP) is 4.97. The fourth-order valence-corrected chi connectivity index (χ4v) is 4.02. The van der Waals surface area contributed by atoms with Crippen molar-refractivity contribution in [2.45, 2.75) is 70.7 Å². The molecule has 2 aromatic rings. The number of aliphatic imine (C=N–C) groups is 1. The summed E-state index contributed by atoms with van der Waals surface area (Å²) in [7, 11) is 0. The Hall–Kier alpha value is -1.06. The zero-order chi connectivity index (χ0) is 18.9. The molecule has 0 bridgehead atoms. The van der Waals surface area contributed by atoms with Crippen LogP contribution in [0.1, 0.15) is 50.2 Å². The van der Waals surface area contributed by atoms with Crippen LogP contribution in [0.15, 0.2) is 45.3 Å². The van der Waals surface area contributed by atoms with Crippen LogP contribution in [0.25, 0.3) is 0 Å². The molecule has 1 saturated carbocycles. The maximum atomic E-state index is 5.96. The van der Waals surface area contributed by atoms with Crippen molar-refractivity contribution in [1.82, 2.24) is 10.6 Å². The molecule has 1 fully saturated rings. The number of hydrogen-bond acceptors (Lipinski definition) is 4. The van der Waals surface area contributed by atoms with Crippen molar-refractivity contribution in [2.75, 3.05) is 6.54 Å². The Labute approximate surface area is 189 Å². The molecule has 1 aliphatic carbocycles. The lowest BCUT2D eigenvalue weighted by Crippen LogP contribution is -2.46. The molecular weight excluding hydrogens is 485 g/mol. The Morgan fingerprint density at radius 2 is 2.07 bits per heavy atom. The molecule has 28 heavy (non-hydrogen) atoms. The largest absolute Gasteiger partial charge is 0.469 e. The highest BCUT2D eigenvalue weighted by Gasteiger charge is 2.23. The number of halogens is 1. The summed E-state index contributed by atoms with van der Waals surface area (Å²) < 4.78 is 11.4. The minimum absolute atomic E-state index is 0. The lowest BCUT2D eigenvalue weighted by atomic mass is 9.93. The van der Waals surface area contributed by atoms with Gasteiger partial charge in [0.1, 0.15) is 5.76 Å². The van der Waals surface area contributed by atoms with Crippen LogP contribution in [-0.2, 0) is 17.7 Å². The number of guanidine groups is 1. The molecule has 0 amide bonds. The van der Waals surface area contributed by atoms with Gasteiger partial charge in [0.15, 0.2) is 5.96 Å². The van der Waals surface area contributed by atoms with E-state index in [1.807, 2.05) is 12.1 Å². The van der Waals surface area contributed by atoms with Gasteiger partial charge < -0.3 is 19.8 Å². The molecule has 2 N–H and O–H groups in total. The summed E-state index contributed by atoms with van der Waals surface area (Å²) in [4.78, 5) is 6.06. The van der Waals surface area contributed by atoms with E-state index in [9.17, 15) is 0 Å². The Bertz CT molecular complexity index is 666. The Morgan fingerprint density at radius 3 is 2.71 bits per heavy atom. The third kappa shape index (κ3) is 8.13. The summed E-state index contributed by atoms with van der Waals surface area (Å²) in [5, 5.41) is 9.19. The minimum Gasteiger partial charge on any atom is -0.469 e. The molecule has 0 spiro atoms. The molecule has 156 valence electrons. The van der Waals surface area contributed by atoms with Crippen molar-refractivity contribution in [2.24, 2.45) is 4.99 Å². The van der Waals surface area contributed by atoms with Crippen molar-refractivity contribution in [1.29, 1.82) is 0 Å². The van der Waals surface area contributed by atoms with Crippen LogP contribution in [0.4, 0.5) is 0 Å². The van der Waals surface area contributed by atoms with Crippen LogP contribution >= 0.6 is 35.3 Å². The average molecular weight is 517 g/mol. The Balaban J connectivity index is 0.00000280. The van der Waals surface area contributed by atoms with E-state index >= 15 is 0 Å². The van der Waals surface area contributed by atoms with E-state index in [2.05, 4.69) is 42.0 Å². The van der Waals surface area contributed by atoms with Gasteiger partial charge in [-0.05, 0) is 63.1 Å². The number of rotatable bonds is 8. The van der Waals surface area contributed by atoms with E-state index in [-0.39, 0.29) is 24.0 Å². The van der Waals surface area contributed by atoms with Gasteiger partial charge in [-0.1, -0.05) is 6.07 Å². The predicted molar refractivity (Wildman–Crippen MR) is 127 cm³/mol. The summed E-state index contributed by atoms with van der Waals surface area (Å²) in [6.07, 6.45) is 7.75. The Kier molecular flexibility index (Phi) is 10.4. The van der Waals surface area contributed by atoms with Crippen LogP contribution < -0.4 is 10.6 Å². The minimum atomic E-state index is 0. The average Bonchev–Trinajstić information content (AvgIpc) is 3.34. The molecule has 0 aromatic carbocycles. The van der Waals surface area contributed by atoms with Gasteiger partial charge in [-0.2, -0.15) is 0 Å². The fourth-order valence-electron chi connectivity index (χ4n) is 3.39. The van der Waals surface area contributed by atoms with Gasteiger partial charge >= 0.3 is 0 Å². The molecule has 0 aliphatic heterocycles. The first-order valence-electron chi connectivity index (χ1n) is 9.94. The van der Waals surface area contributed by atoms with Crippen molar-refractivity contribution in [3.63, 3.8) is 0 Å². The monoisotopic (exact) mass is 517 g/mol. The maximum Gasteiger partial charge on any atom is 0.191 e. The lowest BCUT2D eigenvalue weighted by molar-refractivity contribution is -0.0152. The second kappa shape index (κ2) is 12.5. The zero-order valence-corrected chi connectivity index (χ0v) is 19.9. The number of ether oxygens (including phenoxy) is 1. The molecule has 3 rings (SSSR count). The van der Waals surface area contributed by atoms with E-state index in [4.69, 9.17) is 14.1 Å². The van der Waals surface area contributed by atoms with Gasteiger partial charge in [0.05, 0.1) is 25.0 Å². The Morgan fingerprint density at radius 1 is 1.25 bits per heavy atom. The second-order valence-electron chi connectivity index (χ2n) is 7.30. The normalized spacial score (nSPS) is 20.0. The van der Waals surface area contributed by atoms with Gasteiger partial charge in [-0.15, -0.1) is 35.3 Å². The zero-order valence-electron chi connectivity index (χ0n) is 16.7. The smallest absolute Gasteiger partial charge is 0.191 e. The van der Waals surface area contributed by atoms with Crippen LogP contribution in [-0.4, -0.2) is 30.8 Å². The molecule has 1 aliphatic rings. The number of thiophene rings is 1. The third-order valence-electron chi connectivity index (χ3n) is 4.70. The van der Waals surface area contributed by atoms with Crippen LogP contribution in [0.5, 0.6) is 0 Å². The first-order chi connectivity index (χ1) is 13.2. The maximum absolute atomic E-state index is 5.96. The van der Waals surface area contributed by atoms with Gasteiger partial charge in [-0.25, -0.2) is 4.99 Å². The quantitative estimate of drug-likeness (QED) is 0.295. The number of nitrogens with one attached hydrogen (secondary N) is 2. The molecule has 7 heteroatoms. The van der Waals surface area contributed by atoms with Crippen LogP contribution in [0.2, 0.25) is 0 Å². The van der Waals surface area contributed by atoms with E-state index in [1.54, 1.807) is 17.6 Å². The standard InChI is InChI=1S/C21H31N3O2S.HI/c1-16(2)26-19-9-7-17(8-10-19)24-21(23-15-20-6-4-14-27-20)22-12-11-18-5-3-13-25-18;/h3-6,13-14,16-17,19H,7-12,15H2,1-2H3,(H2,22,23,24);1H. The van der Waals surface area contributed by atoms with E-state index in [0.717, 1.165) is 50.4 Å². The highest BCUT2D eigenvalue weighted by Crippen LogP contribution is 2.22. The molecular formula is C21H32IN3O2S. The number of furan rings is 1. The van der Waals surface area contributed by atoms with E-state index in [0.29, 0.717) is 24.8 Å². The van der Waals surface area contributed by atoms with Crippen molar-refractivity contribution in [3.05, 3.63) is 46.5 Å². The van der Waals surface area contributed by atoms with Crippen molar-refractivity contribution in [3.8, 4) is 0 Å². The van der Waals surface area contributed by atoms with Gasteiger partial charge in [-0.3, -0.25) is 0 Å². The molecule has 2 aromatic heterocycles. The molecule has 0 saturated heterocycles. The van der Waals surface area contributed by atoms with Crippen molar-refractivity contribution < 1.29 is 9.15 Å². The summed E-state index contributed by atoms with van der Waals surface area (Å²) in [5.74, 6) is 1.88. The first-order valence-corrected chi connectivity index (χ1v) is 10.8. The summed E-state index contributed by atoms with van der Waals surface area (Å²) in [6, 6.07) is 8.59. The highest BCUT2D eigenvalue weighted by molar-refractivity contribution is 14.0. The number of hydrogen-bond donors (Lipinski definition) is 2. The van der Waals surface area contributed by atoms with Crippen LogP contribution in [0.3, 0.4) is 0 Å². The van der Waals surface area contributed by atoms with E-state index in [1.165, 1.54) is 4.88 Å². The molecule has 2 heterocycles. The first kappa shape index (κ1) is 23.2. The highest BCUT2D eigenvalue weighted by atomic mass is 127. The molecule has 0 radical (unpaired) electrons. The molecule has 0 unspecified atom stereocenters. The number of nitrogens with zero attached hydrogens (tertiary/aromatic N) is 1. The van der Waals surface area contributed by atoms with Gasteiger partial charge in [0.2, 0.25) is 0 Å². The summed E-state index contributed by atoms with van der Waals surface area (Å²) in [5.41, 5.74) is 0. The fraction of sp³-hybridized carbons (Fsp3) is 0.571. The lowest BCUT2D eigenvalue weighted by Gasteiger charge is -2.31. The molecule has 0 atom stereocenters. The summed E-state index contributed by atoms with van der Waals surface area (Å²) >= 11 is 1.74.